The van der Waals surface area contributed by atoms with E-state index in [1.165, 1.54) is 37.7 Å². The third-order valence-corrected chi connectivity index (χ3v) is 7.37. The maximum Gasteiger partial charge on any atom is 0.252 e. The van der Waals surface area contributed by atoms with Gasteiger partial charge in [0.1, 0.15) is 4.87 Å². The van der Waals surface area contributed by atoms with Crippen LogP contribution in [0.5, 0.6) is 0 Å². The van der Waals surface area contributed by atoms with E-state index in [-0.39, 0.29) is 16.7 Å². The molecule has 118 valence electrons. The topological polar surface area (TPSA) is 53.2 Å². The van der Waals surface area contributed by atoms with Gasteiger partial charge in [-0.3, -0.25) is 4.79 Å². The quantitative estimate of drug-likeness (QED) is 0.795. The summed E-state index contributed by atoms with van der Waals surface area (Å²) in [6.45, 7) is 0.696. The van der Waals surface area contributed by atoms with Crippen molar-refractivity contribution in [2.45, 2.75) is 48.1 Å². The molecule has 0 bridgehead atoms. The summed E-state index contributed by atoms with van der Waals surface area (Å²) in [4.78, 5) is 11.9. The van der Waals surface area contributed by atoms with Gasteiger partial charge in [-0.05, 0) is 29.9 Å². The summed E-state index contributed by atoms with van der Waals surface area (Å²) in [7, 11) is 0. The lowest BCUT2D eigenvalue weighted by Gasteiger charge is -2.40. The van der Waals surface area contributed by atoms with Crippen molar-refractivity contribution in [2.24, 2.45) is 0 Å². The second-order valence-electron chi connectivity index (χ2n) is 6.28. The minimum absolute atomic E-state index is 0.0697. The van der Waals surface area contributed by atoms with Crippen molar-refractivity contribution in [2.75, 3.05) is 6.54 Å². The Morgan fingerprint density at radius 2 is 2.09 bits per heavy atom. The van der Waals surface area contributed by atoms with E-state index in [1.54, 1.807) is 11.3 Å². The van der Waals surface area contributed by atoms with Gasteiger partial charge in [-0.15, -0.1) is 11.8 Å². The van der Waals surface area contributed by atoms with Crippen LogP contribution in [0.1, 0.15) is 53.9 Å². The summed E-state index contributed by atoms with van der Waals surface area (Å²) in [6.07, 6.45) is 10.9. The summed E-state index contributed by atoms with van der Waals surface area (Å²) in [5.41, 5.74) is 8.71. The van der Waals surface area contributed by atoms with Gasteiger partial charge in [0.2, 0.25) is 0 Å². The monoisotopic (exact) mass is 335 g/mol. The van der Waals surface area contributed by atoms with Gasteiger partial charge in [0.05, 0.1) is 5.56 Å². The number of fused-ring (bicyclic) bond motifs is 1. The Bertz CT molecular complexity index is 594. The van der Waals surface area contributed by atoms with E-state index in [0.29, 0.717) is 11.8 Å². The maximum atomic E-state index is 12.0. The molecule has 1 amide bonds. The fourth-order valence-corrected chi connectivity index (χ4v) is 6.36. The lowest BCUT2D eigenvalue weighted by atomic mass is 9.87. The average molecular weight is 335 g/mol. The van der Waals surface area contributed by atoms with Crippen molar-refractivity contribution in [3.8, 4) is 0 Å². The molecule has 22 heavy (non-hydrogen) atoms. The highest BCUT2D eigenvalue weighted by atomic mass is 32.2. The molecule has 0 aromatic carbocycles. The fraction of sp³-hybridized carbons (Fsp3) is 0.562. The average Bonchev–Trinajstić information content (AvgIpc) is 3.19. The van der Waals surface area contributed by atoms with Crippen LogP contribution in [0.3, 0.4) is 0 Å². The number of thioether (sulfide) groups is 1. The van der Waals surface area contributed by atoms with Crippen LogP contribution in [-0.2, 0) is 0 Å². The Kier molecular flexibility index (Phi) is 3.92. The van der Waals surface area contributed by atoms with E-state index in [4.69, 9.17) is 0 Å². The zero-order valence-corrected chi connectivity index (χ0v) is 14.1. The van der Waals surface area contributed by atoms with E-state index in [1.807, 2.05) is 23.3 Å². The van der Waals surface area contributed by atoms with E-state index in [0.717, 1.165) is 5.56 Å². The zero-order valence-electron chi connectivity index (χ0n) is 12.4. The second kappa shape index (κ2) is 5.91. The molecule has 2 atom stereocenters. The number of hydrazine groups is 1. The Hall–Kier alpha value is -0.980. The molecule has 4 nitrogen and oxygen atoms in total. The van der Waals surface area contributed by atoms with Crippen LogP contribution in [0.25, 0.3) is 0 Å². The molecule has 4 rings (SSSR count). The number of amides is 1. The molecule has 1 aliphatic carbocycles. The molecule has 0 saturated heterocycles. The minimum Gasteiger partial charge on any atom is -0.351 e. The number of thiophene rings is 1. The molecule has 6 heteroatoms. The third kappa shape index (κ3) is 2.47. The van der Waals surface area contributed by atoms with Crippen LogP contribution in [0, 0.1) is 0 Å². The number of rotatable bonds is 3. The minimum atomic E-state index is -0.161. The van der Waals surface area contributed by atoms with E-state index < -0.39 is 0 Å². The lowest BCUT2D eigenvalue weighted by molar-refractivity contribution is 0.0937. The van der Waals surface area contributed by atoms with Gasteiger partial charge in [0, 0.05) is 29.3 Å². The first-order valence-electron chi connectivity index (χ1n) is 8.01. The SMILES string of the molecule is O=C1NCC(C2(SC3CCCCC3)C=CNN2)c2cscc21. The number of nitrogens with one attached hydrogen (secondary N) is 3. The predicted octanol–water partition coefficient (Wildman–Crippen LogP) is 2.96. The fourth-order valence-electron chi connectivity index (χ4n) is 3.72. The normalized spacial score (nSPS) is 31.6. The summed E-state index contributed by atoms with van der Waals surface area (Å²) in [5, 5.41) is 7.89. The van der Waals surface area contributed by atoms with Crippen LogP contribution in [0.4, 0.5) is 0 Å². The Morgan fingerprint density at radius 1 is 1.23 bits per heavy atom. The Balaban J connectivity index is 1.64. The molecular formula is C16H21N3OS2. The molecule has 0 spiro atoms. The van der Waals surface area contributed by atoms with Gasteiger partial charge >= 0.3 is 0 Å². The highest BCUT2D eigenvalue weighted by Crippen LogP contribution is 2.47. The first kappa shape index (κ1) is 14.6. The van der Waals surface area contributed by atoms with Crippen molar-refractivity contribution < 1.29 is 4.79 Å². The van der Waals surface area contributed by atoms with Gasteiger partial charge in [0.25, 0.3) is 5.91 Å². The van der Waals surface area contributed by atoms with Crippen molar-refractivity contribution in [3.63, 3.8) is 0 Å². The first-order valence-corrected chi connectivity index (χ1v) is 9.83. The van der Waals surface area contributed by atoms with Gasteiger partial charge in [0.15, 0.2) is 0 Å². The van der Waals surface area contributed by atoms with Crippen molar-refractivity contribution in [3.05, 3.63) is 34.2 Å². The molecule has 3 heterocycles. The van der Waals surface area contributed by atoms with E-state index in [2.05, 4.69) is 27.6 Å². The van der Waals surface area contributed by atoms with Crippen LogP contribution < -0.4 is 16.2 Å². The molecule has 2 unspecified atom stereocenters. The van der Waals surface area contributed by atoms with Crippen LogP contribution in [0.15, 0.2) is 23.0 Å². The number of carbonyl (C=O) groups excluding carboxylic acids is 1. The molecule has 0 radical (unpaired) electrons. The van der Waals surface area contributed by atoms with E-state index in [9.17, 15) is 4.79 Å². The molecule has 3 N–H and O–H groups in total. The van der Waals surface area contributed by atoms with Gasteiger partial charge in [-0.1, -0.05) is 19.3 Å². The van der Waals surface area contributed by atoms with Gasteiger partial charge in [-0.2, -0.15) is 11.3 Å². The highest BCUT2D eigenvalue weighted by molar-refractivity contribution is 8.01. The predicted molar refractivity (Wildman–Crippen MR) is 92.0 cm³/mol. The maximum absolute atomic E-state index is 12.0. The van der Waals surface area contributed by atoms with Crippen molar-refractivity contribution in [1.82, 2.24) is 16.2 Å². The summed E-state index contributed by atoms with van der Waals surface area (Å²) >= 11 is 3.67. The summed E-state index contributed by atoms with van der Waals surface area (Å²) < 4.78 is 0. The van der Waals surface area contributed by atoms with Crippen molar-refractivity contribution >= 4 is 29.0 Å². The largest absolute Gasteiger partial charge is 0.351 e. The van der Waals surface area contributed by atoms with Gasteiger partial charge < -0.3 is 10.7 Å². The first-order chi connectivity index (χ1) is 10.8. The van der Waals surface area contributed by atoms with Crippen LogP contribution >= 0.6 is 23.1 Å². The molecule has 1 saturated carbocycles. The Labute approximate surface area is 139 Å². The molecule has 2 aliphatic heterocycles. The standard InChI is InChI=1S/C16H21N3OS2/c20-15-13-10-21-9-12(13)14(8-17-15)16(6-7-18-19-16)22-11-4-2-1-3-5-11/h6-7,9-11,14,18-19H,1-5,8H2,(H,17,20). The molecular weight excluding hydrogens is 314 g/mol. The van der Waals surface area contributed by atoms with Crippen molar-refractivity contribution in [1.29, 1.82) is 0 Å². The number of hydrogen-bond acceptors (Lipinski definition) is 5. The second-order valence-corrected chi connectivity index (χ2v) is 8.60. The van der Waals surface area contributed by atoms with Gasteiger partial charge in [-0.25, -0.2) is 5.43 Å². The van der Waals surface area contributed by atoms with Crippen LogP contribution in [0.2, 0.25) is 0 Å². The van der Waals surface area contributed by atoms with E-state index >= 15 is 0 Å². The highest BCUT2D eigenvalue weighted by Gasteiger charge is 2.45. The molecule has 1 fully saturated rings. The smallest absolute Gasteiger partial charge is 0.252 e. The molecule has 1 aromatic rings. The van der Waals surface area contributed by atoms with Crippen LogP contribution in [-0.4, -0.2) is 22.6 Å². The third-order valence-electron chi connectivity index (χ3n) is 4.89. The lowest BCUT2D eigenvalue weighted by Crippen LogP contribution is -2.53. The zero-order chi connectivity index (χ0) is 15.0. The summed E-state index contributed by atoms with van der Waals surface area (Å²) in [6, 6.07) is 0. The Morgan fingerprint density at radius 3 is 2.86 bits per heavy atom. The summed E-state index contributed by atoms with van der Waals surface area (Å²) in [5.74, 6) is 0.338. The number of hydrogen-bond donors (Lipinski definition) is 3. The molecule has 3 aliphatic rings. The number of carbonyl (C=O) groups is 1. The molecule has 1 aromatic heterocycles.